The second-order valence-corrected chi connectivity index (χ2v) is 5.05. The van der Waals surface area contributed by atoms with Gasteiger partial charge in [0.05, 0.1) is 11.5 Å². The van der Waals surface area contributed by atoms with Crippen molar-refractivity contribution in [3.63, 3.8) is 0 Å². The first-order valence-electron chi connectivity index (χ1n) is 6.90. The Kier molecular flexibility index (Phi) is 5.10. The van der Waals surface area contributed by atoms with Gasteiger partial charge in [-0.3, -0.25) is 14.9 Å². The van der Waals surface area contributed by atoms with Crippen LogP contribution in [0.15, 0.2) is 18.2 Å². The molecular weight excluding hydrogens is 276 g/mol. The van der Waals surface area contributed by atoms with Crippen LogP contribution >= 0.6 is 0 Å². The summed E-state index contributed by atoms with van der Waals surface area (Å²) >= 11 is 0. The van der Waals surface area contributed by atoms with Crippen molar-refractivity contribution in [3.05, 3.63) is 33.9 Å². The zero-order valence-electron chi connectivity index (χ0n) is 11.6. The van der Waals surface area contributed by atoms with Crippen molar-refractivity contribution < 1.29 is 19.6 Å². The second kappa shape index (κ2) is 7.03. The van der Waals surface area contributed by atoms with E-state index in [1.54, 1.807) is 0 Å². The fraction of sp³-hybridized carbons (Fsp3) is 0.500. The van der Waals surface area contributed by atoms with Crippen molar-refractivity contribution in [2.24, 2.45) is 0 Å². The van der Waals surface area contributed by atoms with E-state index in [9.17, 15) is 14.9 Å². The number of ether oxygens (including phenoxy) is 1. The van der Waals surface area contributed by atoms with Gasteiger partial charge in [0.25, 0.3) is 5.91 Å². The lowest BCUT2D eigenvalue weighted by Gasteiger charge is -2.12. The lowest BCUT2D eigenvalue weighted by atomic mass is 10.2. The van der Waals surface area contributed by atoms with E-state index in [0.717, 1.165) is 25.7 Å². The Bertz CT molecular complexity index is 526. The molecule has 1 fully saturated rings. The van der Waals surface area contributed by atoms with E-state index in [1.165, 1.54) is 18.2 Å². The topological polar surface area (TPSA) is 102 Å². The van der Waals surface area contributed by atoms with Gasteiger partial charge in [-0.15, -0.1) is 0 Å². The van der Waals surface area contributed by atoms with Gasteiger partial charge in [0, 0.05) is 12.1 Å². The number of aliphatic hydroxyl groups excluding tert-OH is 1. The van der Waals surface area contributed by atoms with Gasteiger partial charge in [-0.2, -0.15) is 0 Å². The highest BCUT2D eigenvalue weighted by Crippen LogP contribution is 2.28. The molecule has 1 aromatic carbocycles. The van der Waals surface area contributed by atoms with Crippen molar-refractivity contribution in [3.8, 4) is 5.75 Å². The van der Waals surface area contributed by atoms with E-state index < -0.39 is 4.92 Å². The number of amides is 1. The molecule has 0 atom stereocenters. The molecule has 114 valence electrons. The van der Waals surface area contributed by atoms with Crippen LogP contribution in [-0.2, 0) is 11.4 Å². The van der Waals surface area contributed by atoms with Gasteiger partial charge < -0.3 is 15.2 Å². The third kappa shape index (κ3) is 4.16. The number of hydrogen-bond donors (Lipinski definition) is 2. The minimum absolute atomic E-state index is 0.00637. The van der Waals surface area contributed by atoms with Crippen LogP contribution in [0.4, 0.5) is 5.69 Å². The smallest absolute Gasteiger partial charge is 0.310 e. The Balaban J connectivity index is 1.97. The number of nitrogens with zero attached hydrogens (tertiary/aromatic N) is 1. The van der Waals surface area contributed by atoms with E-state index in [-0.39, 0.29) is 36.6 Å². The van der Waals surface area contributed by atoms with Crippen molar-refractivity contribution in [2.75, 3.05) is 6.61 Å². The number of aliphatic hydroxyl groups is 1. The number of nitro benzene ring substituents is 1. The molecule has 0 aliphatic heterocycles. The Morgan fingerprint density at radius 3 is 2.76 bits per heavy atom. The average Bonchev–Trinajstić information content (AvgIpc) is 2.97. The molecule has 0 saturated heterocycles. The lowest BCUT2D eigenvalue weighted by Crippen LogP contribution is -2.36. The fourth-order valence-electron chi connectivity index (χ4n) is 2.41. The third-order valence-electron chi connectivity index (χ3n) is 3.48. The fourth-order valence-corrected chi connectivity index (χ4v) is 2.41. The Labute approximate surface area is 122 Å². The molecule has 1 aromatic rings. The highest BCUT2D eigenvalue weighted by molar-refractivity contribution is 5.78. The normalized spacial score (nSPS) is 14.9. The molecule has 7 heteroatoms. The molecule has 1 aliphatic carbocycles. The first-order valence-corrected chi connectivity index (χ1v) is 6.90. The van der Waals surface area contributed by atoms with Gasteiger partial charge in [-0.25, -0.2) is 0 Å². The van der Waals surface area contributed by atoms with E-state index in [0.29, 0.717) is 5.56 Å². The summed E-state index contributed by atoms with van der Waals surface area (Å²) in [6.07, 6.45) is 4.14. The quantitative estimate of drug-likeness (QED) is 0.612. The highest BCUT2D eigenvalue weighted by atomic mass is 16.6. The van der Waals surface area contributed by atoms with Crippen LogP contribution in [0.25, 0.3) is 0 Å². The maximum Gasteiger partial charge on any atom is 0.310 e. The first kappa shape index (κ1) is 15.2. The Hall–Kier alpha value is -2.15. The predicted octanol–water partition coefficient (Wildman–Crippen LogP) is 1.52. The SMILES string of the molecule is O=C(COc1cc(CO)ccc1[N+](=O)[O-])NC1CCCC1. The van der Waals surface area contributed by atoms with Crippen molar-refractivity contribution in [1.29, 1.82) is 0 Å². The molecule has 0 unspecified atom stereocenters. The van der Waals surface area contributed by atoms with E-state index in [1.807, 2.05) is 0 Å². The molecule has 2 N–H and O–H groups in total. The minimum atomic E-state index is -0.578. The average molecular weight is 294 g/mol. The molecule has 0 heterocycles. The van der Waals surface area contributed by atoms with E-state index in [4.69, 9.17) is 9.84 Å². The molecule has 2 rings (SSSR count). The maximum atomic E-state index is 11.8. The summed E-state index contributed by atoms with van der Waals surface area (Å²) in [5.41, 5.74) is 0.271. The number of nitrogens with one attached hydrogen (secondary N) is 1. The van der Waals surface area contributed by atoms with Crippen LogP contribution in [-0.4, -0.2) is 28.6 Å². The van der Waals surface area contributed by atoms with Crippen molar-refractivity contribution >= 4 is 11.6 Å². The molecule has 1 aliphatic rings. The zero-order chi connectivity index (χ0) is 15.2. The van der Waals surface area contributed by atoms with Crippen LogP contribution in [0.1, 0.15) is 31.2 Å². The van der Waals surface area contributed by atoms with Gasteiger partial charge in [-0.1, -0.05) is 12.8 Å². The molecule has 0 radical (unpaired) electrons. The Morgan fingerprint density at radius 2 is 2.14 bits per heavy atom. The predicted molar refractivity (Wildman–Crippen MR) is 74.9 cm³/mol. The number of carbonyl (C=O) groups excluding carboxylic acids is 1. The van der Waals surface area contributed by atoms with Crippen LogP contribution in [0, 0.1) is 10.1 Å². The van der Waals surface area contributed by atoms with E-state index in [2.05, 4.69) is 5.32 Å². The number of hydrogen-bond acceptors (Lipinski definition) is 5. The van der Waals surface area contributed by atoms with Gasteiger partial charge in [0.2, 0.25) is 0 Å². The first-order chi connectivity index (χ1) is 10.1. The molecule has 0 spiro atoms. The van der Waals surface area contributed by atoms with Crippen molar-refractivity contribution in [1.82, 2.24) is 5.32 Å². The largest absolute Gasteiger partial charge is 0.477 e. The summed E-state index contributed by atoms with van der Waals surface area (Å²) in [6.45, 7) is -0.519. The summed E-state index contributed by atoms with van der Waals surface area (Å²) in [4.78, 5) is 22.1. The van der Waals surface area contributed by atoms with Gasteiger partial charge in [-0.05, 0) is 30.5 Å². The molecule has 7 nitrogen and oxygen atoms in total. The van der Waals surface area contributed by atoms with Gasteiger partial charge in [0.1, 0.15) is 0 Å². The summed E-state index contributed by atoms with van der Waals surface area (Å²) in [5.74, 6) is -0.293. The second-order valence-electron chi connectivity index (χ2n) is 5.05. The van der Waals surface area contributed by atoms with Gasteiger partial charge >= 0.3 is 5.69 Å². The van der Waals surface area contributed by atoms with Crippen LogP contribution in [0.5, 0.6) is 5.75 Å². The molecule has 0 bridgehead atoms. The summed E-state index contributed by atoms with van der Waals surface area (Å²) in [6, 6.07) is 4.26. The molecule has 1 amide bonds. The van der Waals surface area contributed by atoms with Crippen LogP contribution < -0.4 is 10.1 Å². The number of rotatable bonds is 6. The minimum Gasteiger partial charge on any atom is -0.477 e. The summed E-state index contributed by atoms with van der Waals surface area (Å²) in [7, 11) is 0. The standard InChI is InChI=1S/C14H18N2O5/c17-8-10-5-6-12(16(19)20)13(7-10)21-9-14(18)15-11-3-1-2-4-11/h5-7,11,17H,1-4,8-9H2,(H,15,18). The summed E-state index contributed by atoms with van der Waals surface area (Å²) < 4.78 is 5.25. The summed E-state index contributed by atoms with van der Waals surface area (Å²) in [5, 5.41) is 22.8. The molecular formula is C14H18N2O5. The molecule has 0 aromatic heterocycles. The number of benzene rings is 1. The van der Waals surface area contributed by atoms with Gasteiger partial charge in [0.15, 0.2) is 12.4 Å². The molecule has 1 saturated carbocycles. The zero-order valence-corrected chi connectivity index (χ0v) is 11.6. The monoisotopic (exact) mass is 294 g/mol. The number of carbonyl (C=O) groups is 1. The third-order valence-corrected chi connectivity index (χ3v) is 3.48. The van der Waals surface area contributed by atoms with Crippen LogP contribution in [0.2, 0.25) is 0 Å². The lowest BCUT2D eigenvalue weighted by molar-refractivity contribution is -0.385. The number of nitro groups is 1. The van der Waals surface area contributed by atoms with Crippen LogP contribution in [0.3, 0.4) is 0 Å². The van der Waals surface area contributed by atoms with E-state index >= 15 is 0 Å². The molecule has 21 heavy (non-hydrogen) atoms. The highest BCUT2D eigenvalue weighted by Gasteiger charge is 2.19. The Morgan fingerprint density at radius 1 is 1.43 bits per heavy atom. The maximum absolute atomic E-state index is 11.8. The van der Waals surface area contributed by atoms with Crippen molar-refractivity contribution in [2.45, 2.75) is 38.3 Å².